The molecule has 2 aromatic rings. The molecule has 1 fully saturated rings. The number of carbonyl (C=O) groups excluding carboxylic acids is 2. The van der Waals surface area contributed by atoms with Crippen LogP contribution in [0.4, 0.5) is 0 Å². The smallest absolute Gasteiger partial charge is 0.352 e. The topological polar surface area (TPSA) is 116 Å². The van der Waals surface area contributed by atoms with Crippen molar-refractivity contribution in [1.29, 1.82) is 0 Å². The van der Waals surface area contributed by atoms with Crippen molar-refractivity contribution in [1.82, 2.24) is 4.90 Å². The summed E-state index contributed by atoms with van der Waals surface area (Å²) < 4.78 is 6.43. The van der Waals surface area contributed by atoms with Crippen LogP contribution < -0.4 is 4.74 Å². The summed E-state index contributed by atoms with van der Waals surface area (Å²) in [6, 6.07) is 6.95. The van der Waals surface area contributed by atoms with Crippen molar-refractivity contribution in [2.45, 2.75) is 90.5 Å². The Hall–Kier alpha value is -3.98. The second-order valence-electron chi connectivity index (χ2n) is 12.4. The molecule has 0 saturated carbocycles. The minimum Gasteiger partial charge on any atom is -0.507 e. The number of fused-ring (bicyclic) bond motifs is 1. The lowest BCUT2D eigenvalue weighted by Crippen LogP contribution is -2.64. The average Bonchev–Trinajstić information content (AvgIpc) is 3.51. The van der Waals surface area contributed by atoms with E-state index in [1.807, 2.05) is 36.6 Å². The molecule has 0 radical (unpaired) electrons. The Kier molecular flexibility index (Phi) is 10.1. The van der Waals surface area contributed by atoms with Crippen molar-refractivity contribution in [3.63, 3.8) is 0 Å². The van der Waals surface area contributed by atoms with Crippen LogP contribution in [0.15, 0.2) is 69.7 Å². The van der Waals surface area contributed by atoms with Gasteiger partial charge in [0, 0.05) is 16.4 Å². The van der Waals surface area contributed by atoms with Gasteiger partial charge in [0.15, 0.2) is 0 Å². The predicted octanol–water partition coefficient (Wildman–Crippen LogP) is 7.13. The maximum absolute atomic E-state index is 13.1. The number of hydrogen-bond donors (Lipinski definition) is 2. The number of aliphatic carboxylic acids is 1. The maximum atomic E-state index is 13.1. The van der Waals surface area contributed by atoms with Gasteiger partial charge in [-0.2, -0.15) is 0 Å². The van der Waals surface area contributed by atoms with Gasteiger partial charge in [0.05, 0.1) is 12.5 Å². The van der Waals surface area contributed by atoms with E-state index in [0.717, 1.165) is 54.5 Å². The highest BCUT2D eigenvalue weighted by Crippen LogP contribution is 2.47. The lowest BCUT2D eigenvalue weighted by molar-refractivity contribution is -0.140. The molecule has 1 saturated heterocycles. The van der Waals surface area contributed by atoms with Crippen LogP contribution in [0.2, 0.25) is 0 Å². The van der Waals surface area contributed by atoms with Crippen LogP contribution in [0, 0.1) is 5.92 Å². The van der Waals surface area contributed by atoms with E-state index < -0.39 is 23.8 Å². The molecular weight excluding hydrogens is 588 g/mol. The highest BCUT2D eigenvalue weighted by molar-refractivity contribution is 7.10. The first-order valence-corrected chi connectivity index (χ1v) is 16.7. The van der Waals surface area contributed by atoms with Crippen molar-refractivity contribution in [2.24, 2.45) is 10.9 Å². The minimum atomic E-state index is -1.22. The molecule has 9 heteroatoms. The summed E-state index contributed by atoms with van der Waals surface area (Å²) in [5.41, 5.74) is 4.43. The van der Waals surface area contributed by atoms with Crippen LogP contribution in [0.1, 0.15) is 87.6 Å². The van der Waals surface area contributed by atoms with E-state index >= 15 is 0 Å². The van der Waals surface area contributed by atoms with Crippen LogP contribution in [0.3, 0.4) is 0 Å². The van der Waals surface area contributed by atoms with Crippen LogP contribution in [-0.4, -0.2) is 51.3 Å². The molecule has 1 aromatic heterocycles. The Morgan fingerprint density at radius 2 is 2.00 bits per heavy atom. The Bertz CT molecular complexity index is 1580. The third-order valence-corrected chi connectivity index (χ3v) is 9.95. The summed E-state index contributed by atoms with van der Waals surface area (Å²) in [4.78, 5) is 44.3. The van der Waals surface area contributed by atoms with Crippen LogP contribution in [0.25, 0.3) is 0 Å². The number of phenolic OH excluding ortho intramolecular Hbond substituents is 1. The number of nitrogens with zero attached hydrogens (tertiary/aromatic N) is 2. The van der Waals surface area contributed by atoms with Gasteiger partial charge in [-0.25, -0.2) is 9.79 Å². The highest BCUT2D eigenvalue weighted by atomic mass is 32.1. The van der Waals surface area contributed by atoms with Crippen LogP contribution >= 0.6 is 11.3 Å². The number of unbranched alkanes of at least 4 members (excludes halogenated alkanes) is 2. The summed E-state index contributed by atoms with van der Waals surface area (Å²) in [6.07, 6.45) is 8.94. The van der Waals surface area contributed by atoms with E-state index in [-0.39, 0.29) is 42.0 Å². The Morgan fingerprint density at radius 1 is 1.20 bits per heavy atom. The summed E-state index contributed by atoms with van der Waals surface area (Å²) in [5, 5.41) is 23.5. The monoisotopic (exact) mass is 630 g/mol. The van der Waals surface area contributed by atoms with Gasteiger partial charge in [-0.15, -0.1) is 11.3 Å². The Morgan fingerprint density at radius 3 is 2.69 bits per heavy atom. The van der Waals surface area contributed by atoms with E-state index in [1.54, 1.807) is 0 Å². The van der Waals surface area contributed by atoms with Crippen molar-refractivity contribution < 1.29 is 29.3 Å². The standard InChI is InChI=1S/C36H42N2O6S/c1-5-6-7-9-23-17-29(39)32(27-16-22(4)11-13-26(27)21(2)3)30(18-23)44-20-24-12-14-28-33(35(41)38(28)34(24)36(42)43)37-31(40)19-25-10-8-15-45-25/h8,10,15-18,26-28,39H,2,5-7,9,11-14,19-20H2,1,3-4H3,(H,42,43)/t26-,27+,28+/m0/s1. The fourth-order valence-corrected chi connectivity index (χ4v) is 7.45. The zero-order valence-corrected chi connectivity index (χ0v) is 27.1. The number of phenols is 1. The van der Waals surface area contributed by atoms with Crippen molar-refractivity contribution in [2.75, 3.05) is 6.61 Å². The largest absolute Gasteiger partial charge is 0.507 e. The number of aliphatic imine (C=N–C) groups is 1. The summed E-state index contributed by atoms with van der Waals surface area (Å²) in [7, 11) is 0. The normalized spacial score (nSPS) is 22.2. The number of β-lactam (4-membered cyclic amide) rings is 1. The lowest BCUT2D eigenvalue weighted by atomic mass is 9.73. The third kappa shape index (κ3) is 6.98. The molecule has 8 nitrogen and oxygen atoms in total. The maximum Gasteiger partial charge on any atom is 0.352 e. The third-order valence-electron chi connectivity index (χ3n) is 9.08. The number of benzene rings is 1. The van der Waals surface area contributed by atoms with Gasteiger partial charge in [-0.3, -0.25) is 14.5 Å². The number of hydrogen-bond acceptors (Lipinski definition) is 6. The summed E-state index contributed by atoms with van der Waals surface area (Å²) >= 11 is 1.45. The van der Waals surface area contributed by atoms with Gasteiger partial charge in [0.25, 0.3) is 11.8 Å². The Labute approximate surface area is 268 Å². The van der Waals surface area contributed by atoms with Gasteiger partial charge in [0.2, 0.25) is 0 Å². The Balaban J connectivity index is 1.43. The van der Waals surface area contributed by atoms with E-state index in [4.69, 9.17) is 4.74 Å². The molecule has 0 spiro atoms. The first-order valence-electron chi connectivity index (χ1n) is 15.8. The molecule has 1 aliphatic carbocycles. The number of carboxylic acid groups (broad SMARTS) is 1. The number of thiophene rings is 1. The number of rotatable bonds is 12. The fraction of sp³-hybridized carbons (Fsp3) is 0.444. The van der Waals surface area contributed by atoms with E-state index in [1.165, 1.54) is 21.8 Å². The van der Waals surface area contributed by atoms with Crippen LogP contribution in [-0.2, 0) is 27.2 Å². The highest BCUT2D eigenvalue weighted by Gasteiger charge is 2.50. The van der Waals surface area contributed by atoms with E-state index in [9.17, 15) is 24.6 Å². The molecule has 3 aliphatic rings. The molecule has 2 N–H and O–H groups in total. The van der Waals surface area contributed by atoms with Gasteiger partial charge < -0.3 is 14.9 Å². The van der Waals surface area contributed by atoms with E-state index in [2.05, 4.69) is 31.5 Å². The molecule has 1 aromatic carbocycles. The molecule has 2 aliphatic heterocycles. The molecule has 238 valence electrons. The SMILES string of the molecule is C=C(C)[C@@H]1CCC(C)=C[C@H]1c1c(O)cc(CCCCC)cc1OCC1=C(C(=O)O)N2C(=O)C(=NC(=O)Cc3cccs3)[C@H]2CC1. The number of carbonyl (C=O) groups is 3. The molecule has 45 heavy (non-hydrogen) atoms. The van der Waals surface area contributed by atoms with Gasteiger partial charge in [-0.1, -0.05) is 49.6 Å². The first-order chi connectivity index (χ1) is 21.6. The zero-order valence-electron chi connectivity index (χ0n) is 26.3. The molecule has 0 bridgehead atoms. The zero-order chi connectivity index (χ0) is 32.2. The van der Waals surface area contributed by atoms with E-state index in [0.29, 0.717) is 29.7 Å². The quantitative estimate of drug-likeness (QED) is 0.146. The van der Waals surface area contributed by atoms with Crippen molar-refractivity contribution in [3.8, 4) is 11.5 Å². The predicted molar refractivity (Wildman–Crippen MR) is 176 cm³/mol. The number of ether oxygens (including phenoxy) is 1. The van der Waals surface area contributed by atoms with Gasteiger partial charge in [0.1, 0.15) is 29.5 Å². The number of amides is 2. The number of aromatic hydroxyl groups is 1. The molecule has 3 heterocycles. The molecular formula is C36H42N2O6S. The number of allylic oxidation sites excluding steroid dienone is 3. The second-order valence-corrected chi connectivity index (χ2v) is 13.5. The molecule has 0 unspecified atom stereocenters. The number of carboxylic acids is 1. The lowest BCUT2D eigenvalue weighted by Gasteiger charge is -2.45. The van der Waals surface area contributed by atoms with Crippen molar-refractivity contribution in [3.05, 3.63) is 80.7 Å². The van der Waals surface area contributed by atoms with Crippen LogP contribution in [0.5, 0.6) is 11.5 Å². The molecule has 5 rings (SSSR count). The second kappa shape index (κ2) is 14.0. The summed E-state index contributed by atoms with van der Waals surface area (Å²) in [5.74, 6) is -1.49. The minimum absolute atomic E-state index is 0.0417. The van der Waals surface area contributed by atoms with Gasteiger partial charge in [-0.05, 0) is 93.0 Å². The van der Waals surface area contributed by atoms with Crippen molar-refractivity contribution >= 4 is 34.8 Å². The average molecular weight is 631 g/mol. The van der Waals surface area contributed by atoms with Gasteiger partial charge >= 0.3 is 5.97 Å². The first kappa shape index (κ1) is 32.4. The molecule has 2 amide bonds. The molecule has 3 atom stereocenters. The summed E-state index contributed by atoms with van der Waals surface area (Å²) in [6.45, 7) is 10.5. The number of aryl methyl sites for hydroxylation is 1. The fourth-order valence-electron chi connectivity index (χ4n) is 6.76.